The number of amides is 1. The van der Waals surface area contributed by atoms with Gasteiger partial charge in [-0.05, 0) is 56.9 Å². The van der Waals surface area contributed by atoms with Crippen LogP contribution in [0.5, 0.6) is 0 Å². The Labute approximate surface area is 116 Å². The van der Waals surface area contributed by atoms with Crippen LogP contribution in [-0.2, 0) is 9.53 Å². The first-order valence-electron chi connectivity index (χ1n) is 7.72. The summed E-state index contributed by atoms with van der Waals surface area (Å²) in [6.07, 6.45) is 6.64. The zero-order chi connectivity index (χ0) is 13.7. The van der Waals surface area contributed by atoms with E-state index in [0.29, 0.717) is 17.7 Å². The minimum Gasteiger partial charge on any atom is -0.384 e. The van der Waals surface area contributed by atoms with Crippen molar-refractivity contribution >= 4 is 5.91 Å². The number of nitrogens with zero attached hydrogens (tertiary/aromatic N) is 1. The lowest BCUT2D eigenvalue weighted by molar-refractivity contribution is -0.139. The van der Waals surface area contributed by atoms with Crippen LogP contribution in [0, 0.1) is 17.8 Å². The molecule has 4 heteroatoms. The Kier molecular flexibility index (Phi) is 5.64. The van der Waals surface area contributed by atoms with Crippen LogP contribution in [0.1, 0.15) is 38.5 Å². The Morgan fingerprint density at radius 2 is 1.95 bits per heavy atom. The monoisotopic (exact) mass is 268 g/mol. The van der Waals surface area contributed by atoms with Gasteiger partial charge in [0.15, 0.2) is 0 Å². The van der Waals surface area contributed by atoms with E-state index in [1.165, 1.54) is 6.42 Å². The second-order valence-corrected chi connectivity index (χ2v) is 6.20. The molecule has 4 nitrogen and oxygen atoms in total. The minimum atomic E-state index is 0.254. The number of methoxy groups -OCH3 is 1. The molecule has 2 rings (SSSR count). The van der Waals surface area contributed by atoms with Gasteiger partial charge in [0.1, 0.15) is 0 Å². The molecule has 0 spiro atoms. The maximum Gasteiger partial charge on any atom is 0.225 e. The van der Waals surface area contributed by atoms with Crippen molar-refractivity contribution in [2.75, 3.05) is 33.4 Å². The molecule has 2 aliphatic rings. The summed E-state index contributed by atoms with van der Waals surface area (Å²) in [5.74, 6) is 1.81. The molecule has 0 aromatic carbocycles. The molecule has 1 aliphatic heterocycles. The highest BCUT2D eigenvalue weighted by Crippen LogP contribution is 2.30. The molecule has 0 aromatic rings. The van der Waals surface area contributed by atoms with E-state index >= 15 is 0 Å². The molecule has 0 aromatic heterocycles. The SMILES string of the molecule is COCC1CCCN(C(=O)C2CCC(CN)CC2)C1. The van der Waals surface area contributed by atoms with Crippen molar-refractivity contribution in [3.05, 3.63) is 0 Å². The van der Waals surface area contributed by atoms with Gasteiger partial charge in [-0.25, -0.2) is 0 Å². The van der Waals surface area contributed by atoms with Gasteiger partial charge in [0.25, 0.3) is 0 Å². The number of hydrogen-bond donors (Lipinski definition) is 1. The first-order valence-corrected chi connectivity index (χ1v) is 7.72. The van der Waals surface area contributed by atoms with Crippen LogP contribution in [-0.4, -0.2) is 44.2 Å². The number of ether oxygens (including phenoxy) is 1. The predicted molar refractivity (Wildman–Crippen MR) is 75.7 cm³/mol. The van der Waals surface area contributed by atoms with Crippen molar-refractivity contribution in [3.63, 3.8) is 0 Å². The van der Waals surface area contributed by atoms with Crippen molar-refractivity contribution in [3.8, 4) is 0 Å². The van der Waals surface area contributed by atoms with Crippen molar-refractivity contribution in [1.82, 2.24) is 4.90 Å². The number of carbonyl (C=O) groups is 1. The van der Waals surface area contributed by atoms with Crippen molar-refractivity contribution < 1.29 is 9.53 Å². The molecule has 1 heterocycles. The van der Waals surface area contributed by atoms with Gasteiger partial charge in [-0.3, -0.25) is 4.79 Å². The summed E-state index contributed by atoms with van der Waals surface area (Å²) < 4.78 is 5.23. The number of likely N-dealkylation sites (tertiary alicyclic amines) is 1. The van der Waals surface area contributed by atoms with E-state index in [4.69, 9.17) is 10.5 Å². The molecule has 1 saturated heterocycles. The van der Waals surface area contributed by atoms with Crippen LogP contribution in [0.15, 0.2) is 0 Å². The van der Waals surface area contributed by atoms with E-state index in [1.807, 2.05) is 0 Å². The molecule has 2 fully saturated rings. The van der Waals surface area contributed by atoms with Gasteiger partial charge in [0.05, 0.1) is 6.61 Å². The fourth-order valence-corrected chi connectivity index (χ4v) is 3.54. The molecule has 0 bridgehead atoms. The molecule has 1 saturated carbocycles. The Morgan fingerprint density at radius 1 is 1.21 bits per heavy atom. The van der Waals surface area contributed by atoms with Gasteiger partial charge in [-0.2, -0.15) is 0 Å². The summed E-state index contributed by atoms with van der Waals surface area (Å²) in [6.45, 7) is 3.39. The van der Waals surface area contributed by atoms with Crippen LogP contribution < -0.4 is 5.73 Å². The summed E-state index contributed by atoms with van der Waals surface area (Å²) in [5.41, 5.74) is 5.71. The molecule has 1 aliphatic carbocycles. The van der Waals surface area contributed by atoms with Gasteiger partial charge in [0.2, 0.25) is 5.91 Å². The summed E-state index contributed by atoms with van der Waals surface area (Å²) in [4.78, 5) is 14.6. The van der Waals surface area contributed by atoms with Gasteiger partial charge >= 0.3 is 0 Å². The van der Waals surface area contributed by atoms with E-state index in [0.717, 1.165) is 58.3 Å². The maximum atomic E-state index is 12.6. The van der Waals surface area contributed by atoms with Crippen LogP contribution >= 0.6 is 0 Å². The third-order valence-corrected chi connectivity index (χ3v) is 4.76. The molecule has 1 unspecified atom stereocenters. The average Bonchev–Trinajstić information content (AvgIpc) is 2.47. The van der Waals surface area contributed by atoms with Crippen molar-refractivity contribution in [1.29, 1.82) is 0 Å². The summed E-state index contributed by atoms with van der Waals surface area (Å²) in [6, 6.07) is 0. The normalized spacial score (nSPS) is 32.3. The average molecular weight is 268 g/mol. The van der Waals surface area contributed by atoms with E-state index < -0.39 is 0 Å². The summed E-state index contributed by atoms with van der Waals surface area (Å²) in [5, 5.41) is 0. The van der Waals surface area contributed by atoms with Crippen molar-refractivity contribution in [2.24, 2.45) is 23.5 Å². The van der Waals surface area contributed by atoms with Gasteiger partial charge in [0, 0.05) is 26.1 Å². The highest BCUT2D eigenvalue weighted by Gasteiger charge is 2.31. The third kappa shape index (κ3) is 3.93. The van der Waals surface area contributed by atoms with Crippen LogP contribution in [0.4, 0.5) is 0 Å². The van der Waals surface area contributed by atoms with E-state index in [-0.39, 0.29) is 5.92 Å². The summed E-state index contributed by atoms with van der Waals surface area (Å²) >= 11 is 0. The van der Waals surface area contributed by atoms with Gasteiger partial charge in [-0.15, -0.1) is 0 Å². The standard InChI is InChI=1S/C15H28N2O2/c1-19-11-13-3-2-8-17(10-13)15(18)14-6-4-12(9-16)5-7-14/h12-14H,2-11,16H2,1H3. The number of rotatable bonds is 4. The van der Waals surface area contributed by atoms with Crippen LogP contribution in [0.3, 0.4) is 0 Å². The van der Waals surface area contributed by atoms with Gasteiger partial charge < -0.3 is 15.4 Å². The summed E-state index contributed by atoms with van der Waals surface area (Å²) in [7, 11) is 1.74. The van der Waals surface area contributed by atoms with Crippen molar-refractivity contribution in [2.45, 2.75) is 38.5 Å². The first-order chi connectivity index (χ1) is 9.24. The number of hydrogen-bond acceptors (Lipinski definition) is 3. The zero-order valence-corrected chi connectivity index (χ0v) is 12.1. The van der Waals surface area contributed by atoms with E-state index in [2.05, 4.69) is 4.90 Å². The third-order valence-electron chi connectivity index (χ3n) is 4.76. The lowest BCUT2D eigenvalue weighted by Crippen LogP contribution is -2.44. The second kappa shape index (κ2) is 7.25. The first kappa shape index (κ1) is 14.8. The lowest BCUT2D eigenvalue weighted by atomic mass is 9.81. The molecule has 110 valence electrons. The van der Waals surface area contributed by atoms with E-state index in [9.17, 15) is 4.79 Å². The predicted octanol–water partition coefficient (Wildman–Crippen LogP) is 1.64. The lowest BCUT2D eigenvalue weighted by Gasteiger charge is -2.36. The fraction of sp³-hybridized carbons (Fsp3) is 0.933. The molecule has 19 heavy (non-hydrogen) atoms. The fourth-order valence-electron chi connectivity index (χ4n) is 3.54. The molecular weight excluding hydrogens is 240 g/mol. The smallest absolute Gasteiger partial charge is 0.225 e. The molecule has 0 radical (unpaired) electrons. The minimum absolute atomic E-state index is 0.254. The molecule has 1 atom stereocenters. The number of carbonyl (C=O) groups excluding carboxylic acids is 1. The highest BCUT2D eigenvalue weighted by atomic mass is 16.5. The molecule has 2 N–H and O–H groups in total. The van der Waals surface area contributed by atoms with Crippen LogP contribution in [0.25, 0.3) is 0 Å². The Morgan fingerprint density at radius 3 is 2.58 bits per heavy atom. The number of nitrogens with two attached hydrogens (primary N) is 1. The highest BCUT2D eigenvalue weighted by molar-refractivity contribution is 5.79. The quantitative estimate of drug-likeness (QED) is 0.843. The zero-order valence-electron chi connectivity index (χ0n) is 12.1. The Bertz CT molecular complexity index is 286. The van der Waals surface area contributed by atoms with E-state index in [1.54, 1.807) is 7.11 Å². The Hall–Kier alpha value is -0.610. The number of piperidine rings is 1. The second-order valence-electron chi connectivity index (χ2n) is 6.20. The van der Waals surface area contributed by atoms with Crippen LogP contribution in [0.2, 0.25) is 0 Å². The molecule has 1 amide bonds. The maximum absolute atomic E-state index is 12.6. The van der Waals surface area contributed by atoms with Gasteiger partial charge in [-0.1, -0.05) is 0 Å². The Balaban J connectivity index is 1.82. The topological polar surface area (TPSA) is 55.6 Å². The molecular formula is C15H28N2O2. The largest absolute Gasteiger partial charge is 0.384 e.